The Labute approximate surface area is 215 Å². The highest BCUT2D eigenvalue weighted by atomic mass is 35.5. The summed E-state index contributed by atoms with van der Waals surface area (Å²) in [6.07, 6.45) is 1.47. The normalized spacial score (nSPS) is 14.5. The number of likely N-dealkylation sites (tertiary alicyclic amines) is 1. The highest BCUT2D eigenvalue weighted by Gasteiger charge is 2.27. The fourth-order valence-corrected chi connectivity index (χ4v) is 4.39. The standard InChI is InChI=1S/C28H27ClN4O3/c1-19-7-9-20(10-8-19)27-31-26(36-32-27)18-33-15-13-21(14-16-33)28(34)30-24-17-22(29)11-12-25(24)35-23-5-3-2-4-6-23/h2-12,17,21H,13-16,18H2,1H3,(H,30,34). The summed E-state index contributed by atoms with van der Waals surface area (Å²) in [4.78, 5) is 19.8. The lowest BCUT2D eigenvalue weighted by molar-refractivity contribution is -0.121. The second-order valence-electron chi connectivity index (χ2n) is 8.97. The minimum Gasteiger partial charge on any atom is -0.455 e. The smallest absolute Gasteiger partial charge is 0.241 e. The number of hydrogen-bond donors (Lipinski definition) is 1. The van der Waals surface area contributed by atoms with Crippen molar-refractivity contribution in [2.75, 3.05) is 18.4 Å². The maximum atomic E-state index is 13.1. The molecule has 8 heteroatoms. The molecule has 7 nitrogen and oxygen atoms in total. The van der Waals surface area contributed by atoms with Crippen molar-refractivity contribution in [3.8, 4) is 22.9 Å². The first kappa shape index (κ1) is 24.0. The van der Waals surface area contributed by atoms with Gasteiger partial charge in [-0.25, -0.2) is 0 Å². The molecule has 0 atom stereocenters. The summed E-state index contributed by atoms with van der Waals surface area (Å²) in [6.45, 7) is 4.14. The molecule has 0 saturated carbocycles. The van der Waals surface area contributed by atoms with Gasteiger partial charge < -0.3 is 14.6 Å². The van der Waals surface area contributed by atoms with Crippen LogP contribution in [0.2, 0.25) is 5.02 Å². The molecule has 1 amide bonds. The van der Waals surface area contributed by atoms with Gasteiger partial charge in [0.05, 0.1) is 12.2 Å². The van der Waals surface area contributed by atoms with Crippen LogP contribution in [0.3, 0.4) is 0 Å². The van der Waals surface area contributed by atoms with Gasteiger partial charge in [-0.2, -0.15) is 4.98 Å². The van der Waals surface area contributed by atoms with E-state index in [9.17, 15) is 4.79 Å². The zero-order valence-electron chi connectivity index (χ0n) is 20.0. The topological polar surface area (TPSA) is 80.5 Å². The van der Waals surface area contributed by atoms with Crippen molar-refractivity contribution in [3.05, 3.63) is 89.3 Å². The van der Waals surface area contributed by atoms with E-state index in [4.69, 9.17) is 20.9 Å². The lowest BCUT2D eigenvalue weighted by Crippen LogP contribution is -2.37. The number of carbonyl (C=O) groups excluding carboxylic acids is 1. The predicted octanol–water partition coefficient (Wildman–Crippen LogP) is 6.34. The second-order valence-corrected chi connectivity index (χ2v) is 9.41. The average molecular weight is 503 g/mol. The Kier molecular flexibility index (Phi) is 7.30. The Bertz CT molecular complexity index is 1320. The van der Waals surface area contributed by atoms with Gasteiger partial charge in [0.25, 0.3) is 0 Å². The third-order valence-electron chi connectivity index (χ3n) is 6.27. The summed E-state index contributed by atoms with van der Waals surface area (Å²) >= 11 is 6.20. The SMILES string of the molecule is Cc1ccc(-c2noc(CN3CCC(C(=O)Nc4cc(Cl)ccc4Oc4ccccc4)CC3)n2)cc1. The summed E-state index contributed by atoms with van der Waals surface area (Å²) in [6, 6.07) is 22.7. The van der Waals surface area contributed by atoms with E-state index >= 15 is 0 Å². The first-order valence-corrected chi connectivity index (χ1v) is 12.4. The Morgan fingerprint density at radius 2 is 1.83 bits per heavy atom. The molecule has 1 fully saturated rings. The molecule has 2 heterocycles. The van der Waals surface area contributed by atoms with E-state index in [0.717, 1.165) is 31.5 Å². The summed E-state index contributed by atoms with van der Waals surface area (Å²) in [5.74, 6) is 2.28. The Morgan fingerprint density at radius 3 is 2.58 bits per heavy atom. The minimum atomic E-state index is -0.101. The number of aryl methyl sites for hydroxylation is 1. The fourth-order valence-electron chi connectivity index (χ4n) is 4.22. The van der Waals surface area contributed by atoms with Gasteiger partial charge in [0.1, 0.15) is 5.75 Å². The molecule has 1 aromatic heterocycles. The molecule has 0 spiro atoms. The maximum Gasteiger partial charge on any atom is 0.241 e. The van der Waals surface area contributed by atoms with Crippen LogP contribution in [-0.4, -0.2) is 34.0 Å². The summed E-state index contributed by atoms with van der Waals surface area (Å²) in [5, 5.41) is 7.67. The number of carbonyl (C=O) groups is 1. The van der Waals surface area contributed by atoms with Crippen molar-refractivity contribution in [2.45, 2.75) is 26.3 Å². The van der Waals surface area contributed by atoms with Gasteiger partial charge in [0, 0.05) is 16.5 Å². The van der Waals surface area contributed by atoms with E-state index in [1.165, 1.54) is 5.56 Å². The van der Waals surface area contributed by atoms with Gasteiger partial charge in [-0.1, -0.05) is 64.8 Å². The Hall–Kier alpha value is -3.68. The molecule has 1 saturated heterocycles. The first-order chi connectivity index (χ1) is 17.5. The molecule has 3 aromatic carbocycles. The highest BCUT2D eigenvalue weighted by Crippen LogP contribution is 2.33. The van der Waals surface area contributed by atoms with Crippen molar-refractivity contribution >= 4 is 23.2 Å². The molecule has 36 heavy (non-hydrogen) atoms. The lowest BCUT2D eigenvalue weighted by Gasteiger charge is -2.30. The molecule has 4 aromatic rings. The van der Waals surface area contributed by atoms with Crippen molar-refractivity contribution in [1.82, 2.24) is 15.0 Å². The van der Waals surface area contributed by atoms with Crippen LogP contribution >= 0.6 is 11.6 Å². The Morgan fingerprint density at radius 1 is 1.08 bits per heavy atom. The van der Waals surface area contributed by atoms with Crippen molar-refractivity contribution in [2.24, 2.45) is 5.92 Å². The number of nitrogens with zero attached hydrogens (tertiary/aromatic N) is 3. The van der Waals surface area contributed by atoms with Crippen LogP contribution in [0.25, 0.3) is 11.4 Å². The van der Waals surface area contributed by atoms with E-state index in [1.807, 2.05) is 61.5 Å². The monoisotopic (exact) mass is 502 g/mol. The summed E-state index contributed by atoms with van der Waals surface area (Å²) in [5.41, 5.74) is 2.68. The van der Waals surface area contributed by atoms with Crippen molar-refractivity contribution in [1.29, 1.82) is 0 Å². The number of anilines is 1. The van der Waals surface area contributed by atoms with E-state index in [1.54, 1.807) is 18.2 Å². The molecule has 0 radical (unpaired) electrons. The van der Waals surface area contributed by atoms with Gasteiger partial charge in [0.15, 0.2) is 5.75 Å². The zero-order chi connectivity index (χ0) is 24.9. The quantitative estimate of drug-likeness (QED) is 0.317. The molecular weight excluding hydrogens is 476 g/mol. The number of ether oxygens (including phenoxy) is 1. The van der Waals surface area contributed by atoms with Crippen molar-refractivity contribution < 1.29 is 14.1 Å². The number of aromatic nitrogens is 2. The average Bonchev–Trinajstić information content (AvgIpc) is 3.35. The van der Waals surface area contributed by atoms with Crippen LogP contribution in [0.4, 0.5) is 5.69 Å². The van der Waals surface area contributed by atoms with E-state index in [0.29, 0.717) is 40.5 Å². The minimum absolute atomic E-state index is 0.0331. The first-order valence-electron chi connectivity index (χ1n) is 12.0. The third-order valence-corrected chi connectivity index (χ3v) is 6.50. The van der Waals surface area contributed by atoms with Crippen LogP contribution in [0, 0.1) is 12.8 Å². The molecule has 1 aliphatic heterocycles. The van der Waals surface area contributed by atoms with E-state index in [2.05, 4.69) is 20.4 Å². The molecule has 184 valence electrons. The molecule has 1 N–H and O–H groups in total. The maximum absolute atomic E-state index is 13.1. The molecule has 0 aliphatic carbocycles. The van der Waals surface area contributed by atoms with Gasteiger partial charge in [0.2, 0.25) is 17.6 Å². The molecule has 0 bridgehead atoms. The number of hydrogen-bond acceptors (Lipinski definition) is 6. The molecular formula is C28H27ClN4O3. The number of nitrogens with one attached hydrogen (secondary N) is 1. The summed E-state index contributed by atoms with van der Waals surface area (Å²) in [7, 11) is 0. The molecule has 0 unspecified atom stereocenters. The van der Waals surface area contributed by atoms with E-state index in [-0.39, 0.29) is 11.8 Å². The molecule has 1 aliphatic rings. The largest absolute Gasteiger partial charge is 0.455 e. The van der Waals surface area contributed by atoms with Crippen LogP contribution in [-0.2, 0) is 11.3 Å². The lowest BCUT2D eigenvalue weighted by atomic mass is 9.96. The zero-order valence-corrected chi connectivity index (χ0v) is 20.7. The van der Waals surface area contributed by atoms with Gasteiger partial charge >= 0.3 is 0 Å². The Balaban J connectivity index is 1.16. The van der Waals surface area contributed by atoms with Crippen LogP contribution < -0.4 is 10.1 Å². The van der Waals surface area contributed by atoms with Gasteiger partial charge in [-0.3, -0.25) is 9.69 Å². The second kappa shape index (κ2) is 10.9. The number of halogens is 1. The van der Waals surface area contributed by atoms with Gasteiger partial charge in [-0.05, 0) is 63.2 Å². The number of amides is 1. The van der Waals surface area contributed by atoms with Crippen molar-refractivity contribution in [3.63, 3.8) is 0 Å². The third kappa shape index (κ3) is 5.93. The van der Waals surface area contributed by atoms with Gasteiger partial charge in [-0.15, -0.1) is 0 Å². The van der Waals surface area contributed by atoms with Crippen LogP contribution in [0.1, 0.15) is 24.3 Å². The predicted molar refractivity (Wildman–Crippen MR) is 139 cm³/mol. The summed E-state index contributed by atoms with van der Waals surface area (Å²) < 4.78 is 11.4. The van der Waals surface area contributed by atoms with Crippen LogP contribution in [0.5, 0.6) is 11.5 Å². The fraction of sp³-hybridized carbons (Fsp3) is 0.250. The van der Waals surface area contributed by atoms with E-state index < -0.39 is 0 Å². The number of para-hydroxylation sites is 1. The van der Waals surface area contributed by atoms with Crippen LogP contribution in [0.15, 0.2) is 77.3 Å². The molecule has 5 rings (SSSR count). The number of benzene rings is 3. The number of piperidine rings is 1. The highest BCUT2D eigenvalue weighted by molar-refractivity contribution is 6.31. The number of rotatable bonds is 7.